The van der Waals surface area contributed by atoms with E-state index in [9.17, 15) is 14.9 Å². The maximum atomic E-state index is 11.8. The number of benzene rings is 1. The molecule has 0 spiro atoms. The standard InChI is InChI=1S/C14H13ClN4O3S/c1-8(2)13-17-18-14(23-13)16-12(20)6-4-9-3-5-10(15)11(7-9)19(21)22/h3-8H,1-2H3,(H,16,18,20)/b6-4+. The molecule has 120 valence electrons. The van der Waals surface area contributed by atoms with Crippen LogP contribution in [-0.4, -0.2) is 21.0 Å². The first-order chi connectivity index (χ1) is 10.9. The summed E-state index contributed by atoms with van der Waals surface area (Å²) in [6.07, 6.45) is 2.73. The number of nitrogens with zero attached hydrogens (tertiary/aromatic N) is 3. The van der Waals surface area contributed by atoms with Crippen molar-refractivity contribution in [2.24, 2.45) is 0 Å². The van der Waals surface area contributed by atoms with E-state index in [4.69, 9.17) is 11.6 Å². The number of hydrogen-bond donors (Lipinski definition) is 1. The Kier molecular flexibility index (Phi) is 5.41. The van der Waals surface area contributed by atoms with E-state index in [0.29, 0.717) is 10.7 Å². The minimum atomic E-state index is -0.575. The second kappa shape index (κ2) is 7.30. The number of rotatable bonds is 5. The topological polar surface area (TPSA) is 98.0 Å². The molecule has 23 heavy (non-hydrogen) atoms. The van der Waals surface area contributed by atoms with Gasteiger partial charge >= 0.3 is 0 Å². The number of amides is 1. The Morgan fingerprint density at radius 1 is 1.43 bits per heavy atom. The molecule has 0 fully saturated rings. The van der Waals surface area contributed by atoms with Crippen molar-refractivity contribution in [1.29, 1.82) is 0 Å². The van der Waals surface area contributed by atoms with Crippen LogP contribution in [-0.2, 0) is 4.79 Å². The van der Waals surface area contributed by atoms with Crippen molar-refractivity contribution >= 4 is 45.7 Å². The molecule has 1 N–H and O–H groups in total. The van der Waals surface area contributed by atoms with Crippen LogP contribution in [0.25, 0.3) is 6.08 Å². The highest BCUT2D eigenvalue weighted by atomic mass is 35.5. The first kappa shape index (κ1) is 17.0. The highest BCUT2D eigenvalue weighted by molar-refractivity contribution is 7.15. The molecule has 0 saturated carbocycles. The summed E-state index contributed by atoms with van der Waals surface area (Å²) < 4.78 is 0. The molecule has 0 aliphatic heterocycles. The summed E-state index contributed by atoms with van der Waals surface area (Å²) in [6.45, 7) is 3.97. The molecule has 0 atom stereocenters. The molecule has 0 bridgehead atoms. The monoisotopic (exact) mass is 352 g/mol. The third-order valence-electron chi connectivity index (χ3n) is 2.76. The molecule has 1 aromatic heterocycles. The second-order valence-electron chi connectivity index (χ2n) is 4.89. The van der Waals surface area contributed by atoms with E-state index in [2.05, 4.69) is 15.5 Å². The fraction of sp³-hybridized carbons (Fsp3) is 0.214. The van der Waals surface area contributed by atoms with Gasteiger partial charge in [0.15, 0.2) is 0 Å². The minimum Gasteiger partial charge on any atom is -0.297 e. The third-order valence-corrected chi connectivity index (χ3v) is 4.22. The van der Waals surface area contributed by atoms with E-state index in [0.717, 1.165) is 5.01 Å². The molecule has 1 aromatic carbocycles. The lowest BCUT2D eigenvalue weighted by atomic mass is 10.2. The molecule has 1 amide bonds. The summed E-state index contributed by atoms with van der Waals surface area (Å²) in [5, 5.41) is 22.5. The molecule has 1 heterocycles. The van der Waals surface area contributed by atoms with Crippen molar-refractivity contribution in [2.45, 2.75) is 19.8 Å². The zero-order valence-electron chi connectivity index (χ0n) is 12.3. The summed E-state index contributed by atoms with van der Waals surface area (Å²) in [7, 11) is 0. The zero-order valence-corrected chi connectivity index (χ0v) is 13.9. The molecule has 0 unspecified atom stereocenters. The fourth-order valence-corrected chi connectivity index (χ4v) is 2.55. The highest BCUT2D eigenvalue weighted by Gasteiger charge is 2.12. The van der Waals surface area contributed by atoms with Crippen LogP contribution in [0, 0.1) is 10.1 Å². The SMILES string of the molecule is CC(C)c1nnc(NC(=O)/C=C/c2ccc(Cl)c([N+](=O)[O-])c2)s1. The number of anilines is 1. The summed E-state index contributed by atoms with van der Waals surface area (Å²) in [5.74, 6) is -0.155. The Morgan fingerprint density at radius 2 is 2.17 bits per heavy atom. The number of nitro benzene ring substituents is 1. The summed E-state index contributed by atoms with van der Waals surface area (Å²) >= 11 is 7.03. The largest absolute Gasteiger partial charge is 0.297 e. The molecule has 2 aromatic rings. The van der Waals surface area contributed by atoms with Gasteiger partial charge in [0, 0.05) is 18.1 Å². The maximum Gasteiger partial charge on any atom is 0.288 e. The lowest BCUT2D eigenvalue weighted by molar-refractivity contribution is -0.384. The number of nitrogens with one attached hydrogen (secondary N) is 1. The van der Waals surface area contributed by atoms with E-state index in [1.807, 2.05) is 13.8 Å². The smallest absolute Gasteiger partial charge is 0.288 e. The van der Waals surface area contributed by atoms with Gasteiger partial charge < -0.3 is 0 Å². The number of aromatic nitrogens is 2. The van der Waals surface area contributed by atoms with Gasteiger partial charge in [0.25, 0.3) is 5.69 Å². The van der Waals surface area contributed by atoms with Crippen molar-refractivity contribution in [2.75, 3.05) is 5.32 Å². The van der Waals surface area contributed by atoms with Crippen LogP contribution in [0.1, 0.15) is 30.3 Å². The molecular weight excluding hydrogens is 340 g/mol. The van der Waals surface area contributed by atoms with Crippen LogP contribution in [0.3, 0.4) is 0 Å². The molecule has 9 heteroatoms. The second-order valence-corrected chi connectivity index (χ2v) is 6.31. The van der Waals surface area contributed by atoms with Crippen LogP contribution in [0.4, 0.5) is 10.8 Å². The van der Waals surface area contributed by atoms with Crippen LogP contribution in [0.5, 0.6) is 0 Å². The predicted molar refractivity (Wildman–Crippen MR) is 89.8 cm³/mol. The number of hydrogen-bond acceptors (Lipinski definition) is 6. The van der Waals surface area contributed by atoms with Crippen molar-refractivity contribution < 1.29 is 9.72 Å². The summed E-state index contributed by atoms with van der Waals surface area (Å²) in [5.41, 5.74) is 0.288. The zero-order chi connectivity index (χ0) is 17.0. The van der Waals surface area contributed by atoms with Gasteiger partial charge in [0.2, 0.25) is 11.0 Å². The van der Waals surface area contributed by atoms with E-state index in [1.165, 1.54) is 35.6 Å². The quantitative estimate of drug-likeness (QED) is 0.500. The molecule has 0 saturated heterocycles. The van der Waals surface area contributed by atoms with E-state index in [1.54, 1.807) is 6.07 Å². The van der Waals surface area contributed by atoms with Crippen molar-refractivity contribution in [3.05, 3.63) is 50.0 Å². The average molecular weight is 353 g/mol. The number of nitro groups is 1. The average Bonchev–Trinajstić information content (AvgIpc) is 2.94. The molecule has 2 rings (SSSR count). The lowest BCUT2D eigenvalue weighted by Gasteiger charge is -1.98. The first-order valence-electron chi connectivity index (χ1n) is 6.63. The van der Waals surface area contributed by atoms with E-state index in [-0.39, 0.29) is 16.6 Å². The molecule has 0 aliphatic rings. The summed E-state index contributed by atoms with van der Waals surface area (Å²) in [4.78, 5) is 22.1. The van der Waals surface area contributed by atoms with Gasteiger partial charge in [-0.05, 0) is 17.7 Å². The van der Waals surface area contributed by atoms with Crippen molar-refractivity contribution in [1.82, 2.24) is 10.2 Å². The lowest BCUT2D eigenvalue weighted by Crippen LogP contribution is -2.07. The Balaban J connectivity index is 2.06. The summed E-state index contributed by atoms with van der Waals surface area (Å²) in [6, 6.07) is 4.30. The van der Waals surface area contributed by atoms with Gasteiger partial charge in [-0.15, -0.1) is 10.2 Å². The first-order valence-corrected chi connectivity index (χ1v) is 7.82. The van der Waals surface area contributed by atoms with Crippen molar-refractivity contribution in [3.8, 4) is 0 Å². The van der Waals surface area contributed by atoms with Gasteiger partial charge in [0.05, 0.1) is 4.92 Å². The molecule has 0 radical (unpaired) electrons. The maximum absolute atomic E-state index is 11.8. The van der Waals surface area contributed by atoms with Crippen LogP contribution in [0.15, 0.2) is 24.3 Å². The van der Waals surface area contributed by atoms with Gasteiger partial charge in [-0.3, -0.25) is 20.2 Å². The van der Waals surface area contributed by atoms with Crippen molar-refractivity contribution in [3.63, 3.8) is 0 Å². The fourth-order valence-electron chi connectivity index (χ4n) is 1.61. The van der Waals surface area contributed by atoms with Gasteiger partial charge in [0.1, 0.15) is 10.0 Å². The van der Waals surface area contributed by atoms with Crippen LogP contribution in [0.2, 0.25) is 5.02 Å². The van der Waals surface area contributed by atoms with Gasteiger partial charge in [-0.2, -0.15) is 0 Å². The third kappa shape index (κ3) is 4.57. The Bertz CT molecular complexity index is 773. The minimum absolute atomic E-state index is 0.0478. The molecule has 7 nitrogen and oxygen atoms in total. The number of carbonyl (C=O) groups excluding carboxylic acids is 1. The normalized spacial score (nSPS) is 11.1. The Labute approximate surface area is 141 Å². The molecular formula is C14H13ClN4O3S. The Hall–Kier alpha value is -2.32. The van der Waals surface area contributed by atoms with Crippen LogP contribution < -0.4 is 5.32 Å². The van der Waals surface area contributed by atoms with E-state index < -0.39 is 10.8 Å². The highest BCUT2D eigenvalue weighted by Crippen LogP contribution is 2.26. The number of halogens is 1. The number of carbonyl (C=O) groups is 1. The predicted octanol–water partition coefficient (Wildman–Crippen LogP) is 3.88. The molecule has 0 aliphatic carbocycles. The Morgan fingerprint density at radius 3 is 2.78 bits per heavy atom. The van der Waals surface area contributed by atoms with Crippen LogP contribution >= 0.6 is 22.9 Å². The van der Waals surface area contributed by atoms with Gasteiger partial charge in [-0.1, -0.05) is 42.9 Å². The van der Waals surface area contributed by atoms with Gasteiger partial charge in [-0.25, -0.2) is 0 Å². The van der Waals surface area contributed by atoms with E-state index >= 15 is 0 Å².